The fraction of sp³-hybridized carbons (Fsp3) is 0.619. The first-order valence-electron chi connectivity index (χ1n) is 9.56. The van der Waals surface area contributed by atoms with E-state index in [1.54, 1.807) is 0 Å². The van der Waals surface area contributed by atoms with Crippen molar-refractivity contribution in [1.82, 2.24) is 10.2 Å². The van der Waals surface area contributed by atoms with Crippen LogP contribution in [0.15, 0.2) is 30.3 Å². The molecule has 0 aromatic heterocycles. The summed E-state index contributed by atoms with van der Waals surface area (Å²) in [6.07, 6.45) is 6.68. The summed E-state index contributed by atoms with van der Waals surface area (Å²) in [5.41, 5.74) is 0.847. The van der Waals surface area contributed by atoms with Crippen LogP contribution in [0.5, 0.6) is 0 Å². The maximum atomic E-state index is 13.0. The Kier molecular flexibility index (Phi) is 7.48. The van der Waals surface area contributed by atoms with Crippen molar-refractivity contribution in [2.24, 2.45) is 11.8 Å². The van der Waals surface area contributed by atoms with Gasteiger partial charge in [-0.15, -0.1) is 0 Å². The predicted molar refractivity (Wildman–Crippen MR) is 101 cm³/mol. The van der Waals surface area contributed by atoms with Gasteiger partial charge in [-0.2, -0.15) is 0 Å². The SMILES string of the molecule is CC(C)CC(=O)NC(C(=O)N(C)CC1CCCCC1)c1ccccc1. The lowest BCUT2D eigenvalue weighted by molar-refractivity contribution is -0.136. The second-order valence-electron chi connectivity index (χ2n) is 7.73. The Morgan fingerprint density at radius 3 is 2.36 bits per heavy atom. The third kappa shape index (κ3) is 6.18. The van der Waals surface area contributed by atoms with Crippen molar-refractivity contribution >= 4 is 11.8 Å². The Labute approximate surface area is 152 Å². The first kappa shape index (κ1) is 19.5. The van der Waals surface area contributed by atoms with Crippen LogP contribution in [0.3, 0.4) is 0 Å². The zero-order valence-corrected chi connectivity index (χ0v) is 15.8. The smallest absolute Gasteiger partial charge is 0.249 e. The second-order valence-corrected chi connectivity index (χ2v) is 7.73. The molecule has 2 rings (SSSR count). The molecule has 1 atom stereocenters. The predicted octanol–water partition coefficient (Wildman–Crippen LogP) is 3.93. The summed E-state index contributed by atoms with van der Waals surface area (Å²) < 4.78 is 0. The monoisotopic (exact) mass is 344 g/mol. The van der Waals surface area contributed by atoms with Gasteiger partial charge in [-0.05, 0) is 30.2 Å². The first-order valence-corrected chi connectivity index (χ1v) is 9.56. The number of carbonyl (C=O) groups is 2. The highest BCUT2D eigenvalue weighted by molar-refractivity contribution is 5.88. The average Bonchev–Trinajstić information content (AvgIpc) is 2.60. The number of benzene rings is 1. The number of carbonyl (C=O) groups excluding carboxylic acids is 2. The molecule has 0 spiro atoms. The van der Waals surface area contributed by atoms with E-state index in [2.05, 4.69) is 5.32 Å². The van der Waals surface area contributed by atoms with E-state index in [4.69, 9.17) is 0 Å². The summed E-state index contributed by atoms with van der Waals surface area (Å²) in [5.74, 6) is 0.772. The van der Waals surface area contributed by atoms with Crippen LogP contribution in [0.1, 0.15) is 64.0 Å². The molecule has 0 saturated heterocycles. The molecular formula is C21H32N2O2. The van der Waals surface area contributed by atoms with Crippen molar-refractivity contribution in [2.45, 2.75) is 58.4 Å². The highest BCUT2D eigenvalue weighted by Gasteiger charge is 2.27. The van der Waals surface area contributed by atoms with Crippen molar-refractivity contribution in [2.75, 3.05) is 13.6 Å². The minimum atomic E-state index is -0.596. The van der Waals surface area contributed by atoms with E-state index in [0.717, 1.165) is 12.1 Å². The van der Waals surface area contributed by atoms with E-state index in [1.807, 2.05) is 56.1 Å². The lowest BCUT2D eigenvalue weighted by atomic mass is 9.89. The van der Waals surface area contributed by atoms with Gasteiger partial charge < -0.3 is 10.2 Å². The average molecular weight is 344 g/mol. The Balaban J connectivity index is 2.07. The van der Waals surface area contributed by atoms with E-state index < -0.39 is 6.04 Å². The molecule has 1 saturated carbocycles. The van der Waals surface area contributed by atoms with Gasteiger partial charge >= 0.3 is 0 Å². The van der Waals surface area contributed by atoms with Crippen molar-refractivity contribution in [3.05, 3.63) is 35.9 Å². The van der Waals surface area contributed by atoms with Gasteiger partial charge in [0, 0.05) is 20.0 Å². The molecule has 138 valence electrons. The van der Waals surface area contributed by atoms with Gasteiger partial charge in [0.1, 0.15) is 6.04 Å². The standard InChI is InChI=1S/C21H32N2O2/c1-16(2)14-19(24)22-20(18-12-8-5-9-13-18)21(25)23(3)15-17-10-6-4-7-11-17/h5,8-9,12-13,16-17,20H,4,6-7,10-11,14-15H2,1-3H3,(H,22,24). The van der Waals surface area contributed by atoms with E-state index in [0.29, 0.717) is 12.3 Å². The van der Waals surface area contributed by atoms with Gasteiger partial charge in [0.15, 0.2) is 0 Å². The third-order valence-corrected chi connectivity index (χ3v) is 4.91. The molecule has 4 nitrogen and oxygen atoms in total. The van der Waals surface area contributed by atoms with Gasteiger partial charge in [0.25, 0.3) is 0 Å². The number of hydrogen-bond donors (Lipinski definition) is 1. The van der Waals surface area contributed by atoms with Crippen LogP contribution in [0.2, 0.25) is 0 Å². The summed E-state index contributed by atoms with van der Waals surface area (Å²) in [5, 5.41) is 2.95. The van der Waals surface area contributed by atoms with Gasteiger partial charge in [-0.3, -0.25) is 9.59 Å². The minimum absolute atomic E-state index is 0.0196. The van der Waals surface area contributed by atoms with Crippen LogP contribution in [0.25, 0.3) is 0 Å². The first-order chi connectivity index (χ1) is 12.0. The summed E-state index contributed by atoms with van der Waals surface area (Å²) in [6, 6.07) is 8.96. The van der Waals surface area contributed by atoms with Crippen molar-refractivity contribution in [1.29, 1.82) is 0 Å². The molecule has 25 heavy (non-hydrogen) atoms. The van der Waals surface area contributed by atoms with Crippen LogP contribution >= 0.6 is 0 Å². The van der Waals surface area contributed by atoms with E-state index in [9.17, 15) is 9.59 Å². The third-order valence-electron chi connectivity index (χ3n) is 4.91. The van der Waals surface area contributed by atoms with Crippen LogP contribution < -0.4 is 5.32 Å². The molecule has 4 heteroatoms. The molecule has 0 bridgehead atoms. The lowest BCUT2D eigenvalue weighted by Gasteiger charge is -2.30. The number of rotatable bonds is 7. The van der Waals surface area contributed by atoms with Crippen LogP contribution in [-0.4, -0.2) is 30.3 Å². The molecule has 0 heterocycles. The normalized spacial score (nSPS) is 16.5. The fourth-order valence-corrected chi connectivity index (χ4v) is 3.59. The quantitative estimate of drug-likeness (QED) is 0.815. The maximum Gasteiger partial charge on any atom is 0.249 e. The summed E-state index contributed by atoms with van der Waals surface area (Å²) in [4.78, 5) is 27.1. The molecule has 1 aliphatic rings. The molecule has 1 fully saturated rings. The molecule has 1 N–H and O–H groups in total. The van der Waals surface area contributed by atoms with Crippen LogP contribution in [0, 0.1) is 11.8 Å². The summed E-state index contributed by atoms with van der Waals surface area (Å²) in [7, 11) is 1.86. The van der Waals surface area contributed by atoms with Gasteiger partial charge in [0.05, 0.1) is 0 Å². The van der Waals surface area contributed by atoms with Crippen LogP contribution in [0.4, 0.5) is 0 Å². The molecular weight excluding hydrogens is 312 g/mol. The van der Waals surface area contributed by atoms with Crippen molar-refractivity contribution < 1.29 is 9.59 Å². The number of nitrogens with zero attached hydrogens (tertiary/aromatic N) is 1. The van der Waals surface area contributed by atoms with Gasteiger partial charge in [-0.25, -0.2) is 0 Å². The largest absolute Gasteiger partial charge is 0.343 e. The molecule has 2 amide bonds. The van der Waals surface area contributed by atoms with Crippen molar-refractivity contribution in [3.63, 3.8) is 0 Å². The Morgan fingerprint density at radius 1 is 1.12 bits per heavy atom. The highest BCUT2D eigenvalue weighted by atomic mass is 16.2. The summed E-state index contributed by atoms with van der Waals surface area (Å²) in [6.45, 7) is 4.80. The van der Waals surface area contributed by atoms with Crippen LogP contribution in [-0.2, 0) is 9.59 Å². The highest BCUT2D eigenvalue weighted by Crippen LogP contribution is 2.25. The molecule has 0 aliphatic heterocycles. The fourth-order valence-electron chi connectivity index (χ4n) is 3.59. The Morgan fingerprint density at radius 2 is 1.76 bits per heavy atom. The molecule has 1 aliphatic carbocycles. The zero-order chi connectivity index (χ0) is 18.2. The van der Waals surface area contributed by atoms with E-state index in [1.165, 1.54) is 32.1 Å². The molecule has 1 aromatic carbocycles. The van der Waals surface area contributed by atoms with Gasteiger partial charge in [0.2, 0.25) is 11.8 Å². The van der Waals surface area contributed by atoms with E-state index >= 15 is 0 Å². The Hall–Kier alpha value is -1.84. The molecule has 1 aromatic rings. The molecule has 0 radical (unpaired) electrons. The van der Waals surface area contributed by atoms with Gasteiger partial charge in [-0.1, -0.05) is 63.4 Å². The number of likely N-dealkylation sites (N-methyl/N-ethyl adjacent to an activating group) is 1. The number of hydrogen-bond acceptors (Lipinski definition) is 2. The summed E-state index contributed by atoms with van der Waals surface area (Å²) >= 11 is 0. The number of nitrogens with one attached hydrogen (secondary N) is 1. The van der Waals surface area contributed by atoms with Crippen molar-refractivity contribution in [3.8, 4) is 0 Å². The zero-order valence-electron chi connectivity index (χ0n) is 15.8. The number of amides is 2. The topological polar surface area (TPSA) is 49.4 Å². The Bertz CT molecular complexity index is 550. The lowest BCUT2D eigenvalue weighted by Crippen LogP contribution is -2.43. The minimum Gasteiger partial charge on any atom is -0.343 e. The second kappa shape index (κ2) is 9.59. The maximum absolute atomic E-state index is 13.0. The van der Waals surface area contributed by atoms with E-state index in [-0.39, 0.29) is 17.7 Å². The molecule has 1 unspecified atom stereocenters.